The fraction of sp³-hybridized carbons (Fsp3) is 0.125. The van der Waals surface area contributed by atoms with E-state index in [1.807, 2.05) is 34.6 Å². The Bertz CT molecular complexity index is 1100. The minimum atomic E-state index is 0.186. The van der Waals surface area contributed by atoms with Gasteiger partial charge in [0.25, 0.3) is 0 Å². The van der Waals surface area contributed by atoms with Crippen molar-refractivity contribution in [3.63, 3.8) is 0 Å². The lowest BCUT2D eigenvalue weighted by atomic mass is 10.1. The molecule has 4 aromatic rings. The maximum Gasteiger partial charge on any atom is 0.170 e. The first-order chi connectivity index (χ1) is 13.7. The summed E-state index contributed by atoms with van der Waals surface area (Å²) in [7, 11) is 0. The van der Waals surface area contributed by atoms with Gasteiger partial charge in [0.2, 0.25) is 0 Å². The zero-order valence-electron chi connectivity index (χ0n) is 15.9. The topological polar surface area (TPSA) is 21.1 Å². The van der Waals surface area contributed by atoms with Crippen LogP contribution in [0.4, 0.5) is 11.5 Å². The highest BCUT2D eigenvalue weighted by Crippen LogP contribution is 2.54. The SMILES string of the molecule is Cc1ccc(C2Sc3cn(-c4ccccc4)nc3N2c2ccc(C)cc2)cc1. The van der Waals surface area contributed by atoms with Gasteiger partial charge < -0.3 is 4.90 Å². The van der Waals surface area contributed by atoms with Crippen LogP contribution in [0.5, 0.6) is 0 Å². The van der Waals surface area contributed by atoms with E-state index in [2.05, 4.69) is 85.6 Å². The standard InChI is InChI=1S/C24H21N3S/c1-17-8-12-19(13-9-17)24-27(21-14-10-18(2)11-15-21)23-22(28-24)16-26(25-23)20-6-4-3-5-7-20/h3-16,24H,1-2H3. The van der Waals surface area contributed by atoms with Crippen molar-refractivity contribution in [1.82, 2.24) is 9.78 Å². The van der Waals surface area contributed by atoms with Gasteiger partial charge in [-0.05, 0) is 43.7 Å². The van der Waals surface area contributed by atoms with Crippen molar-refractivity contribution < 1.29 is 0 Å². The highest BCUT2D eigenvalue weighted by atomic mass is 32.2. The maximum atomic E-state index is 4.96. The van der Waals surface area contributed by atoms with Crippen molar-refractivity contribution in [1.29, 1.82) is 0 Å². The molecule has 4 heteroatoms. The number of rotatable bonds is 3. The maximum absolute atomic E-state index is 4.96. The summed E-state index contributed by atoms with van der Waals surface area (Å²) >= 11 is 1.86. The molecule has 3 nitrogen and oxygen atoms in total. The Morgan fingerprint density at radius 1 is 0.750 bits per heavy atom. The van der Waals surface area contributed by atoms with Gasteiger partial charge in [0.15, 0.2) is 5.82 Å². The average Bonchev–Trinajstić information content (AvgIpc) is 3.28. The van der Waals surface area contributed by atoms with Crippen LogP contribution in [0.3, 0.4) is 0 Å². The van der Waals surface area contributed by atoms with Crippen LogP contribution in [0.15, 0.2) is 90.0 Å². The van der Waals surface area contributed by atoms with Crippen LogP contribution in [0, 0.1) is 13.8 Å². The van der Waals surface area contributed by atoms with E-state index in [-0.39, 0.29) is 5.37 Å². The first-order valence-electron chi connectivity index (χ1n) is 9.43. The first-order valence-corrected chi connectivity index (χ1v) is 10.3. The summed E-state index contributed by atoms with van der Waals surface area (Å²) in [4.78, 5) is 3.55. The summed E-state index contributed by atoms with van der Waals surface area (Å²) in [6.07, 6.45) is 2.14. The molecule has 1 aliphatic heterocycles. The first kappa shape index (κ1) is 17.1. The van der Waals surface area contributed by atoms with E-state index in [1.54, 1.807) is 0 Å². The van der Waals surface area contributed by atoms with Crippen molar-refractivity contribution in [2.75, 3.05) is 4.90 Å². The molecule has 0 bridgehead atoms. The van der Waals surface area contributed by atoms with Gasteiger partial charge in [0.1, 0.15) is 5.37 Å². The molecule has 0 spiro atoms. The molecular weight excluding hydrogens is 362 g/mol. The van der Waals surface area contributed by atoms with Crippen molar-refractivity contribution >= 4 is 23.3 Å². The summed E-state index contributed by atoms with van der Waals surface area (Å²) in [6.45, 7) is 4.25. The molecule has 28 heavy (non-hydrogen) atoms. The fourth-order valence-corrected chi connectivity index (χ4v) is 4.77. The van der Waals surface area contributed by atoms with E-state index in [1.165, 1.54) is 27.3 Å². The van der Waals surface area contributed by atoms with Gasteiger partial charge in [-0.3, -0.25) is 0 Å². The van der Waals surface area contributed by atoms with Gasteiger partial charge in [0.05, 0.1) is 10.6 Å². The summed E-state index contributed by atoms with van der Waals surface area (Å²) in [5, 5.41) is 5.14. The highest BCUT2D eigenvalue weighted by molar-refractivity contribution is 8.00. The number of hydrogen-bond donors (Lipinski definition) is 0. The van der Waals surface area contributed by atoms with Gasteiger partial charge in [-0.15, -0.1) is 5.10 Å². The van der Waals surface area contributed by atoms with Crippen LogP contribution in [0.25, 0.3) is 5.69 Å². The van der Waals surface area contributed by atoms with E-state index in [9.17, 15) is 0 Å². The number of fused-ring (bicyclic) bond motifs is 1. The molecule has 0 fully saturated rings. The molecule has 2 heterocycles. The molecule has 3 aromatic carbocycles. The minimum Gasteiger partial charge on any atom is -0.307 e. The third-order valence-electron chi connectivity index (χ3n) is 5.06. The van der Waals surface area contributed by atoms with Gasteiger partial charge in [0, 0.05) is 11.9 Å². The number of nitrogens with zero attached hydrogens (tertiary/aromatic N) is 3. The van der Waals surface area contributed by atoms with Gasteiger partial charge in [-0.1, -0.05) is 77.5 Å². The Morgan fingerprint density at radius 2 is 1.39 bits per heavy atom. The highest BCUT2D eigenvalue weighted by Gasteiger charge is 2.35. The number of hydrogen-bond acceptors (Lipinski definition) is 3. The van der Waals surface area contributed by atoms with Crippen molar-refractivity contribution in [2.24, 2.45) is 0 Å². The molecule has 0 radical (unpaired) electrons. The number of aromatic nitrogens is 2. The normalized spacial score (nSPS) is 15.6. The number of anilines is 2. The number of aryl methyl sites for hydroxylation is 2. The van der Waals surface area contributed by atoms with Crippen LogP contribution in [-0.2, 0) is 0 Å². The largest absolute Gasteiger partial charge is 0.307 e. The van der Waals surface area contributed by atoms with Crippen molar-refractivity contribution in [3.8, 4) is 5.69 Å². The molecule has 0 saturated carbocycles. The number of benzene rings is 3. The van der Waals surface area contributed by atoms with E-state index >= 15 is 0 Å². The third kappa shape index (κ3) is 3.00. The molecule has 0 aliphatic carbocycles. The Hall–Kier alpha value is -2.98. The predicted octanol–water partition coefficient (Wildman–Crippen LogP) is 6.43. The smallest absolute Gasteiger partial charge is 0.170 e. The lowest BCUT2D eigenvalue weighted by molar-refractivity contribution is 0.845. The van der Waals surface area contributed by atoms with Crippen molar-refractivity contribution in [3.05, 3.63) is 102 Å². The van der Waals surface area contributed by atoms with Crippen LogP contribution < -0.4 is 4.90 Å². The molecule has 5 rings (SSSR count). The third-order valence-corrected chi connectivity index (χ3v) is 6.31. The Labute approximate surface area is 169 Å². The fourth-order valence-electron chi connectivity index (χ4n) is 3.51. The van der Waals surface area contributed by atoms with Gasteiger partial charge in [-0.25, -0.2) is 4.68 Å². The zero-order chi connectivity index (χ0) is 19.1. The number of para-hydroxylation sites is 1. The lowest BCUT2D eigenvalue weighted by Gasteiger charge is -2.26. The predicted molar refractivity (Wildman–Crippen MR) is 117 cm³/mol. The second kappa shape index (κ2) is 6.88. The monoisotopic (exact) mass is 383 g/mol. The molecule has 1 atom stereocenters. The Kier molecular flexibility index (Phi) is 4.21. The van der Waals surface area contributed by atoms with Gasteiger partial charge >= 0.3 is 0 Å². The Balaban J connectivity index is 1.60. The summed E-state index contributed by atoms with van der Waals surface area (Å²) in [5.74, 6) is 1.02. The quantitative estimate of drug-likeness (QED) is 0.407. The molecule has 0 saturated heterocycles. The molecule has 0 N–H and O–H groups in total. The summed E-state index contributed by atoms with van der Waals surface area (Å²) in [6, 6.07) is 27.8. The molecule has 1 unspecified atom stereocenters. The Morgan fingerprint density at radius 3 is 2.07 bits per heavy atom. The van der Waals surface area contributed by atoms with Gasteiger partial charge in [-0.2, -0.15) is 0 Å². The van der Waals surface area contributed by atoms with Crippen LogP contribution in [-0.4, -0.2) is 9.78 Å². The van der Waals surface area contributed by atoms with E-state index in [0.717, 1.165) is 11.5 Å². The molecular formula is C24H21N3S. The van der Waals surface area contributed by atoms with E-state index < -0.39 is 0 Å². The molecule has 1 aliphatic rings. The lowest BCUT2D eigenvalue weighted by Crippen LogP contribution is -2.18. The molecule has 0 amide bonds. The summed E-state index contributed by atoms with van der Waals surface area (Å²) < 4.78 is 1.98. The summed E-state index contributed by atoms with van der Waals surface area (Å²) in [5.41, 5.74) is 6.08. The van der Waals surface area contributed by atoms with Crippen LogP contribution in [0.1, 0.15) is 22.1 Å². The van der Waals surface area contributed by atoms with E-state index in [4.69, 9.17) is 5.10 Å². The minimum absolute atomic E-state index is 0.186. The van der Waals surface area contributed by atoms with Crippen LogP contribution in [0.2, 0.25) is 0 Å². The zero-order valence-corrected chi connectivity index (χ0v) is 16.7. The van der Waals surface area contributed by atoms with Crippen LogP contribution >= 0.6 is 11.8 Å². The van der Waals surface area contributed by atoms with Crippen molar-refractivity contribution in [2.45, 2.75) is 24.1 Å². The average molecular weight is 384 g/mol. The van der Waals surface area contributed by atoms with E-state index in [0.29, 0.717) is 0 Å². The second-order valence-electron chi connectivity index (χ2n) is 7.18. The molecule has 138 valence electrons. The molecule has 1 aromatic heterocycles. The second-order valence-corrected chi connectivity index (χ2v) is 8.31. The number of thioether (sulfide) groups is 1.